The Bertz CT molecular complexity index is 722. The lowest BCUT2D eigenvalue weighted by atomic mass is 9.99. The molecule has 2 aromatic heterocycles. The smallest absolute Gasteiger partial charge is 0.258 e. The van der Waals surface area contributed by atoms with Gasteiger partial charge in [-0.3, -0.25) is 0 Å². The van der Waals surface area contributed by atoms with Crippen LogP contribution in [0.4, 0.5) is 0 Å². The molecule has 1 N–H and O–H groups in total. The Kier molecular flexibility index (Phi) is 4.07. The maximum absolute atomic E-state index is 12.5. The van der Waals surface area contributed by atoms with E-state index < -0.39 is 10.0 Å². The third-order valence-corrected chi connectivity index (χ3v) is 5.85. The summed E-state index contributed by atoms with van der Waals surface area (Å²) in [7, 11) is -2.10. The van der Waals surface area contributed by atoms with E-state index in [0.29, 0.717) is 6.42 Å². The quantitative estimate of drug-likeness (QED) is 0.876. The Balaban J connectivity index is 1.76. The van der Waals surface area contributed by atoms with Crippen molar-refractivity contribution in [3.8, 4) is 0 Å². The van der Waals surface area contributed by atoms with Gasteiger partial charge in [0.05, 0.1) is 17.4 Å². The molecule has 0 aliphatic heterocycles. The molecule has 1 atom stereocenters. The highest BCUT2D eigenvalue weighted by Gasteiger charge is 2.27. The van der Waals surface area contributed by atoms with Gasteiger partial charge in [-0.1, -0.05) is 0 Å². The molecule has 0 bridgehead atoms. The molecule has 1 aliphatic carbocycles. The average molecular weight is 328 g/mol. The number of nitrogens with zero attached hydrogens (tertiary/aromatic N) is 3. The maximum atomic E-state index is 12.5. The van der Waals surface area contributed by atoms with Crippen LogP contribution in [0, 0.1) is 0 Å². The lowest BCUT2D eigenvalue weighted by Gasteiger charge is -2.22. The minimum atomic E-state index is -3.60. The third kappa shape index (κ3) is 3.00. The Morgan fingerprint density at radius 3 is 3.24 bits per heavy atom. The number of sulfonamides is 1. The molecule has 2 heterocycles. The molecule has 7 nitrogen and oxygen atoms in total. The summed E-state index contributed by atoms with van der Waals surface area (Å²) in [4.78, 5) is 5.45. The number of ether oxygens (including phenoxy) is 1. The number of fused-ring (bicyclic) bond motifs is 1. The molecule has 21 heavy (non-hydrogen) atoms. The first-order valence-electron chi connectivity index (χ1n) is 6.54. The first-order chi connectivity index (χ1) is 10.1. The molecule has 114 valence electrons. The van der Waals surface area contributed by atoms with Crippen LogP contribution in [0.25, 0.3) is 0 Å². The fourth-order valence-electron chi connectivity index (χ4n) is 2.45. The molecule has 0 saturated carbocycles. The zero-order valence-corrected chi connectivity index (χ0v) is 13.2. The molecule has 0 saturated heterocycles. The molecular formula is C12H16N4O3S2. The summed E-state index contributed by atoms with van der Waals surface area (Å²) in [6.45, 7) is 0.104. The van der Waals surface area contributed by atoms with Crippen LogP contribution in [-0.2, 0) is 34.3 Å². The van der Waals surface area contributed by atoms with Gasteiger partial charge in [-0.15, -0.1) is 11.3 Å². The fourth-order valence-corrected chi connectivity index (χ4v) is 4.72. The Labute approximate surface area is 127 Å². The normalized spacial score (nSPS) is 18.6. The highest BCUT2D eigenvalue weighted by molar-refractivity contribution is 7.89. The molecule has 0 fully saturated rings. The minimum Gasteiger partial charge on any atom is -0.362 e. The zero-order valence-electron chi connectivity index (χ0n) is 11.5. The Hall–Kier alpha value is -1.29. The van der Waals surface area contributed by atoms with Crippen LogP contribution in [0.5, 0.6) is 0 Å². The predicted molar refractivity (Wildman–Crippen MR) is 77.5 cm³/mol. The number of nitrogens with one attached hydrogen (secondary N) is 1. The second-order valence-corrected chi connectivity index (χ2v) is 7.47. The van der Waals surface area contributed by atoms with Crippen molar-refractivity contribution in [3.63, 3.8) is 0 Å². The first-order valence-corrected chi connectivity index (χ1v) is 8.91. The first kappa shape index (κ1) is 14.6. The summed E-state index contributed by atoms with van der Waals surface area (Å²) in [5, 5.41) is 4.08. The second-order valence-electron chi connectivity index (χ2n) is 4.87. The van der Waals surface area contributed by atoms with Gasteiger partial charge in [-0.25, -0.2) is 22.8 Å². The van der Waals surface area contributed by atoms with E-state index in [-0.39, 0.29) is 17.8 Å². The summed E-state index contributed by atoms with van der Waals surface area (Å²) < 4.78 is 34.0. The van der Waals surface area contributed by atoms with Gasteiger partial charge in [0.2, 0.25) is 0 Å². The highest BCUT2D eigenvalue weighted by Crippen LogP contribution is 2.24. The second kappa shape index (κ2) is 5.84. The average Bonchev–Trinajstić information content (AvgIpc) is 3.06. The van der Waals surface area contributed by atoms with Crippen LogP contribution >= 0.6 is 11.3 Å². The monoisotopic (exact) mass is 328 g/mol. The summed E-state index contributed by atoms with van der Waals surface area (Å²) >= 11 is 1.58. The van der Waals surface area contributed by atoms with E-state index in [1.807, 2.05) is 5.51 Å². The summed E-state index contributed by atoms with van der Waals surface area (Å²) in [5.41, 5.74) is 2.91. The number of thiazole rings is 1. The zero-order chi connectivity index (χ0) is 14.9. The van der Waals surface area contributed by atoms with E-state index >= 15 is 0 Å². The fraction of sp³-hybridized carbons (Fsp3) is 0.500. The van der Waals surface area contributed by atoms with Crippen molar-refractivity contribution in [1.82, 2.24) is 19.5 Å². The lowest BCUT2D eigenvalue weighted by molar-refractivity contribution is 0.112. The molecular weight excluding hydrogens is 312 g/mol. The minimum absolute atomic E-state index is 0.103. The third-order valence-electron chi connectivity index (χ3n) is 3.41. The highest BCUT2D eigenvalue weighted by atomic mass is 32.2. The van der Waals surface area contributed by atoms with Gasteiger partial charge >= 0.3 is 0 Å². The number of aromatic nitrogens is 3. The van der Waals surface area contributed by atoms with Gasteiger partial charge in [0, 0.05) is 24.4 Å². The molecule has 0 radical (unpaired) electrons. The standard InChI is InChI=1S/C12H16N4O3S2/c1-19-8-16-12(4-5-14-16)21(17,18)15-9-2-3-10-11(6-9)20-7-13-10/h4-5,7,9,15H,2-3,6,8H2,1H3/t9-/m0/s1. The van der Waals surface area contributed by atoms with Gasteiger partial charge in [0.15, 0.2) is 5.03 Å². The van der Waals surface area contributed by atoms with Gasteiger partial charge in [-0.05, 0) is 18.9 Å². The summed E-state index contributed by atoms with van der Waals surface area (Å²) in [5.74, 6) is 0. The van der Waals surface area contributed by atoms with Crippen LogP contribution in [0.2, 0.25) is 0 Å². The summed E-state index contributed by atoms with van der Waals surface area (Å²) in [6, 6.07) is 1.37. The van der Waals surface area contributed by atoms with Gasteiger partial charge < -0.3 is 4.74 Å². The van der Waals surface area contributed by atoms with Crippen molar-refractivity contribution in [3.05, 3.63) is 28.3 Å². The van der Waals surface area contributed by atoms with Crippen molar-refractivity contribution in [2.45, 2.75) is 37.1 Å². The van der Waals surface area contributed by atoms with Crippen molar-refractivity contribution >= 4 is 21.4 Å². The van der Waals surface area contributed by atoms with Crippen molar-refractivity contribution < 1.29 is 13.2 Å². The Morgan fingerprint density at radius 2 is 2.43 bits per heavy atom. The van der Waals surface area contributed by atoms with E-state index in [2.05, 4.69) is 14.8 Å². The van der Waals surface area contributed by atoms with E-state index in [1.165, 1.54) is 28.9 Å². The van der Waals surface area contributed by atoms with Crippen molar-refractivity contribution in [2.75, 3.05) is 7.11 Å². The van der Waals surface area contributed by atoms with Gasteiger partial charge in [-0.2, -0.15) is 5.10 Å². The topological polar surface area (TPSA) is 86.1 Å². The van der Waals surface area contributed by atoms with Crippen LogP contribution < -0.4 is 4.72 Å². The lowest BCUT2D eigenvalue weighted by Crippen LogP contribution is -2.39. The molecule has 0 aromatic carbocycles. The summed E-state index contributed by atoms with van der Waals surface area (Å²) in [6.07, 6.45) is 3.71. The number of aryl methyl sites for hydroxylation is 1. The van der Waals surface area contributed by atoms with Crippen LogP contribution in [0.3, 0.4) is 0 Å². The number of rotatable bonds is 5. The predicted octanol–water partition coefficient (Wildman–Crippen LogP) is 0.779. The molecule has 0 spiro atoms. The molecule has 9 heteroatoms. The van der Waals surface area contributed by atoms with Crippen molar-refractivity contribution in [1.29, 1.82) is 0 Å². The molecule has 2 aromatic rings. The number of hydrogen-bond acceptors (Lipinski definition) is 6. The molecule has 1 aliphatic rings. The van der Waals surface area contributed by atoms with Gasteiger partial charge in [0.25, 0.3) is 10.0 Å². The van der Waals surface area contributed by atoms with E-state index in [4.69, 9.17) is 4.74 Å². The number of hydrogen-bond donors (Lipinski definition) is 1. The SMILES string of the molecule is COCn1nccc1S(=O)(=O)N[C@H]1CCc2ncsc2C1. The van der Waals surface area contributed by atoms with Crippen molar-refractivity contribution in [2.24, 2.45) is 0 Å². The molecule has 3 rings (SSSR count). The Morgan fingerprint density at radius 1 is 1.57 bits per heavy atom. The van der Waals surface area contributed by atoms with Crippen LogP contribution in [-0.4, -0.2) is 36.3 Å². The largest absolute Gasteiger partial charge is 0.362 e. The van der Waals surface area contributed by atoms with Crippen LogP contribution in [0.15, 0.2) is 22.8 Å². The number of methoxy groups -OCH3 is 1. The van der Waals surface area contributed by atoms with E-state index in [0.717, 1.165) is 18.5 Å². The van der Waals surface area contributed by atoms with E-state index in [9.17, 15) is 8.42 Å². The molecule has 0 amide bonds. The molecule has 0 unspecified atom stereocenters. The van der Waals surface area contributed by atoms with E-state index in [1.54, 1.807) is 11.3 Å². The van der Waals surface area contributed by atoms with Gasteiger partial charge in [0.1, 0.15) is 6.73 Å². The van der Waals surface area contributed by atoms with Crippen LogP contribution in [0.1, 0.15) is 17.0 Å². The maximum Gasteiger partial charge on any atom is 0.258 e.